The Labute approximate surface area is 168 Å². The predicted molar refractivity (Wildman–Crippen MR) is 107 cm³/mol. The quantitative estimate of drug-likeness (QED) is 0.783. The number of hydrogen-bond donors (Lipinski definition) is 0. The molecule has 7 nitrogen and oxygen atoms in total. The summed E-state index contributed by atoms with van der Waals surface area (Å²) in [7, 11) is 3.34. The molecule has 0 unspecified atom stereocenters. The Hall–Kier alpha value is -2.54. The fourth-order valence-electron chi connectivity index (χ4n) is 3.97. The molecule has 2 aromatic heterocycles. The van der Waals surface area contributed by atoms with Gasteiger partial charge in [0.15, 0.2) is 0 Å². The van der Waals surface area contributed by atoms with E-state index in [-0.39, 0.29) is 16.5 Å². The highest BCUT2D eigenvalue weighted by Gasteiger charge is 2.34. The Morgan fingerprint density at radius 2 is 2.07 bits per heavy atom. The lowest BCUT2D eigenvalue weighted by atomic mass is 9.95. The van der Waals surface area contributed by atoms with Crippen LogP contribution in [-0.4, -0.2) is 40.6 Å². The number of halogens is 1. The fourth-order valence-corrected chi connectivity index (χ4v) is 4.22. The summed E-state index contributed by atoms with van der Waals surface area (Å²) in [6.45, 7) is 4.48. The molecule has 1 fully saturated rings. The molecule has 2 aromatic rings. The van der Waals surface area contributed by atoms with Gasteiger partial charge in [-0.15, -0.1) is 0 Å². The molecule has 0 radical (unpaired) electrons. The molecule has 8 heteroatoms. The Morgan fingerprint density at radius 3 is 2.79 bits per heavy atom. The first-order valence-electron chi connectivity index (χ1n) is 9.27. The topological polar surface area (TPSA) is 67.7 Å². The van der Waals surface area contributed by atoms with Gasteiger partial charge in [-0.1, -0.05) is 11.6 Å². The third-order valence-corrected chi connectivity index (χ3v) is 6.24. The Bertz CT molecular complexity index is 998. The van der Waals surface area contributed by atoms with Crippen LogP contribution in [0.2, 0.25) is 5.02 Å². The lowest BCUT2D eigenvalue weighted by molar-refractivity contribution is -0.133. The van der Waals surface area contributed by atoms with Gasteiger partial charge in [0, 0.05) is 50.8 Å². The van der Waals surface area contributed by atoms with E-state index in [1.54, 1.807) is 24.9 Å². The van der Waals surface area contributed by atoms with Crippen molar-refractivity contribution in [2.75, 3.05) is 25.1 Å². The number of hydrogen-bond acceptors (Lipinski definition) is 5. The fraction of sp³-hybridized carbons (Fsp3) is 0.450. The van der Waals surface area contributed by atoms with Gasteiger partial charge in [-0.05, 0) is 18.1 Å². The summed E-state index contributed by atoms with van der Waals surface area (Å²) in [6.07, 6.45) is 3.99. The van der Waals surface area contributed by atoms with Crippen molar-refractivity contribution >= 4 is 23.2 Å². The number of pyridine rings is 2. The van der Waals surface area contributed by atoms with E-state index in [1.807, 2.05) is 24.1 Å². The van der Waals surface area contributed by atoms with Crippen molar-refractivity contribution in [2.45, 2.75) is 26.4 Å². The zero-order valence-electron chi connectivity index (χ0n) is 16.2. The van der Waals surface area contributed by atoms with E-state index in [2.05, 4.69) is 9.88 Å². The van der Waals surface area contributed by atoms with Gasteiger partial charge in [0.2, 0.25) is 5.91 Å². The maximum Gasteiger partial charge on any atom is 0.269 e. The summed E-state index contributed by atoms with van der Waals surface area (Å²) < 4.78 is 6.78. The molecule has 0 bridgehead atoms. The summed E-state index contributed by atoms with van der Waals surface area (Å²) in [4.78, 5) is 33.2. The summed E-state index contributed by atoms with van der Waals surface area (Å²) in [5, 5.41) is 0.247. The van der Waals surface area contributed by atoms with Gasteiger partial charge in [-0.3, -0.25) is 14.6 Å². The van der Waals surface area contributed by atoms with E-state index in [1.165, 1.54) is 0 Å². The Morgan fingerprint density at radius 1 is 1.32 bits per heavy atom. The summed E-state index contributed by atoms with van der Waals surface area (Å²) >= 11 is 6.15. The minimum Gasteiger partial charge on any atom is -0.495 e. The minimum atomic E-state index is -0.200. The average Bonchev–Trinajstić information content (AvgIpc) is 3.13. The van der Waals surface area contributed by atoms with Crippen LogP contribution in [0.5, 0.6) is 5.75 Å². The molecule has 1 saturated heterocycles. The maximum absolute atomic E-state index is 12.8. The Balaban J connectivity index is 1.38. The van der Waals surface area contributed by atoms with E-state index in [9.17, 15) is 9.59 Å². The Kier molecular flexibility index (Phi) is 4.79. The van der Waals surface area contributed by atoms with E-state index >= 15 is 0 Å². The van der Waals surface area contributed by atoms with Crippen molar-refractivity contribution < 1.29 is 9.53 Å². The van der Waals surface area contributed by atoms with Gasteiger partial charge in [-0.2, -0.15) is 0 Å². The average molecular weight is 403 g/mol. The van der Waals surface area contributed by atoms with Gasteiger partial charge in [0.1, 0.15) is 10.8 Å². The first-order chi connectivity index (χ1) is 13.4. The number of ether oxygens (including phenoxy) is 1. The summed E-state index contributed by atoms with van der Waals surface area (Å²) in [6, 6.07) is 1.95. The molecular formula is C20H23ClN4O3. The number of nitrogens with zero attached hydrogens (tertiary/aromatic N) is 4. The third-order valence-electron chi connectivity index (χ3n) is 5.79. The standard InChI is InChI=1S/C20H23ClN4O3/c1-12-16-10-25(11-17(16)23(2)20(27)19(12)21)18(26)4-13-8-24(9-13)14-5-15(28-3)7-22-6-14/h5-7,13H,4,8-11H2,1-3H3. The van der Waals surface area contributed by atoms with Gasteiger partial charge in [0.05, 0.1) is 31.7 Å². The molecule has 148 valence electrons. The molecule has 2 aliphatic rings. The number of fused-ring (bicyclic) bond motifs is 1. The smallest absolute Gasteiger partial charge is 0.269 e. The first-order valence-corrected chi connectivity index (χ1v) is 9.65. The third kappa shape index (κ3) is 3.13. The highest BCUT2D eigenvalue weighted by molar-refractivity contribution is 6.31. The van der Waals surface area contributed by atoms with Crippen LogP contribution in [0.25, 0.3) is 0 Å². The van der Waals surface area contributed by atoms with Crippen LogP contribution in [0.3, 0.4) is 0 Å². The van der Waals surface area contributed by atoms with Crippen molar-refractivity contribution in [1.82, 2.24) is 14.5 Å². The molecule has 0 aliphatic carbocycles. The summed E-state index contributed by atoms with van der Waals surface area (Å²) in [5.74, 6) is 1.16. The number of anilines is 1. The van der Waals surface area contributed by atoms with Gasteiger partial charge in [0.25, 0.3) is 5.56 Å². The first kappa shape index (κ1) is 18.8. The SMILES string of the molecule is COc1cncc(N2CC(CC(=O)N3Cc4c(C)c(Cl)c(=O)n(C)c4C3)C2)c1. The van der Waals surface area contributed by atoms with Gasteiger partial charge < -0.3 is 19.1 Å². The number of amides is 1. The van der Waals surface area contributed by atoms with E-state index in [0.717, 1.165) is 41.3 Å². The van der Waals surface area contributed by atoms with E-state index in [0.29, 0.717) is 25.4 Å². The zero-order chi connectivity index (χ0) is 20.0. The van der Waals surface area contributed by atoms with Crippen LogP contribution >= 0.6 is 11.6 Å². The van der Waals surface area contributed by atoms with Crippen molar-refractivity contribution in [3.8, 4) is 5.75 Å². The molecule has 4 heterocycles. The monoisotopic (exact) mass is 402 g/mol. The number of carbonyl (C=O) groups excluding carboxylic acids is 1. The summed E-state index contributed by atoms with van der Waals surface area (Å²) in [5.41, 5.74) is 3.48. The molecule has 0 spiro atoms. The van der Waals surface area contributed by atoms with Crippen LogP contribution < -0.4 is 15.2 Å². The van der Waals surface area contributed by atoms with Crippen molar-refractivity contribution in [3.63, 3.8) is 0 Å². The largest absolute Gasteiger partial charge is 0.495 e. The lowest BCUT2D eigenvalue weighted by Gasteiger charge is -2.41. The highest BCUT2D eigenvalue weighted by atomic mass is 35.5. The number of rotatable bonds is 4. The molecular weight excluding hydrogens is 380 g/mol. The van der Waals surface area contributed by atoms with Crippen LogP contribution in [0.4, 0.5) is 5.69 Å². The second kappa shape index (κ2) is 7.13. The van der Waals surface area contributed by atoms with Crippen LogP contribution in [0, 0.1) is 12.8 Å². The van der Waals surface area contributed by atoms with Gasteiger partial charge in [-0.25, -0.2) is 0 Å². The lowest BCUT2D eigenvalue weighted by Crippen LogP contribution is -2.48. The zero-order valence-corrected chi connectivity index (χ0v) is 17.0. The number of aromatic nitrogens is 2. The van der Waals surface area contributed by atoms with Crippen molar-refractivity contribution in [3.05, 3.63) is 50.7 Å². The molecule has 0 aromatic carbocycles. The maximum atomic E-state index is 12.8. The van der Waals surface area contributed by atoms with Gasteiger partial charge >= 0.3 is 0 Å². The molecule has 0 atom stereocenters. The predicted octanol–water partition coefficient (Wildman–Crippen LogP) is 2.12. The molecule has 0 saturated carbocycles. The minimum absolute atomic E-state index is 0.118. The van der Waals surface area contributed by atoms with E-state index < -0.39 is 0 Å². The number of carbonyl (C=O) groups is 1. The van der Waals surface area contributed by atoms with Crippen LogP contribution in [0.1, 0.15) is 23.2 Å². The van der Waals surface area contributed by atoms with Crippen molar-refractivity contribution in [2.24, 2.45) is 13.0 Å². The number of methoxy groups -OCH3 is 1. The molecule has 4 rings (SSSR count). The normalized spacial score (nSPS) is 16.1. The molecule has 28 heavy (non-hydrogen) atoms. The molecule has 1 amide bonds. The van der Waals surface area contributed by atoms with Crippen LogP contribution in [-0.2, 0) is 24.9 Å². The van der Waals surface area contributed by atoms with Crippen molar-refractivity contribution in [1.29, 1.82) is 0 Å². The van der Waals surface area contributed by atoms with Crippen LogP contribution in [0.15, 0.2) is 23.3 Å². The molecule has 2 aliphatic heterocycles. The van der Waals surface area contributed by atoms with E-state index in [4.69, 9.17) is 16.3 Å². The highest BCUT2D eigenvalue weighted by Crippen LogP contribution is 2.31. The second-order valence-electron chi connectivity index (χ2n) is 7.54. The second-order valence-corrected chi connectivity index (χ2v) is 7.91. The molecule has 0 N–H and O–H groups in total.